The van der Waals surface area contributed by atoms with Crippen molar-refractivity contribution in [3.05, 3.63) is 70.8 Å². The van der Waals surface area contributed by atoms with Gasteiger partial charge < -0.3 is 4.74 Å². The predicted molar refractivity (Wildman–Crippen MR) is 107 cm³/mol. The number of Topliss-reactive ketones (excluding diaryl/α,β-unsaturated/α-hetero) is 1. The van der Waals surface area contributed by atoms with Crippen molar-refractivity contribution in [2.45, 2.75) is 39.2 Å². The summed E-state index contributed by atoms with van der Waals surface area (Å²) in [6.07, 6.45) is 0. The van der Waals surface area contributed by atoms with Gasteiger partial charge in [-0.3, -0.25) is 19.3 Å². The largest absolute Gasteiger partial charge is 0.456 e. The number of nitrogens with zero attached hydrogens (tertiary/aromatic N) is 1. The fourth-order valence-corrected chi connectivity index (χ4v) is 3.16. The molecule has 1 unspecified atom stereocenters. The number of ketones is 1. The number of esters is 1. The van der Waals surface area contributed by atoms with Crippen molar-refractivity contribution in [2.24, 2.45) is 0 Å². The molecule has 3 rings (SSSR count). The Morgan fingerprint density at radius 3 is 1.93 bits per heavy atom. The standard InChI is InChI=1S/C23H23NO5/c1-14(24-20(26)17-7-5-6-8-18(17)21(24)27)22(28)29-13-19(25)15-9-11-16(12-10-15)23(2,3)4/h5-12,14H,13H2,1-4H3. The number of imide groups is 1. The van der Waals surface area contributed by atoms with Gasteiger partial charge in [-0.05, 0) is 30.0 Å². The molecule has 1 aliphatic heterocycles. The van der Waals surface area contributed by atoms with E-state index in [0.717, 1.165) is 10.5 Å². The van der Waals surface area contributed by atoms with Gasteiger partial charge in [0, 0.05) is 5.56 Å². The summed E-state index contributed by atoms with van der Waals surface area (Å²) < 4.78 is 5.09. The summed E-state index contributed by atoms with van der Waals surface area (Å²) in [6.45, 7) is 7.18. The smallest absolute Gasteiger partial charge is 0.329 e. The molecule has 0 bridgehead atoms. The van der Waals surface area contributed by atoms with E-state index in [1.807, 2.05) is 12.1 Å². The van der Waals surface area contributed by atoms with Gasteiger partial charge >= 0.3 is 5.97 Å². The zero-order chi connectivity index (χ0) is 21.3. The lowest BCUT2D eigenvalue weighted by molar-refractivity contribution is -0.146. The van der Waals surface area contributed by atoms with E-state index in [0.29, 0.717) is 5.56 Å². The second kappa shape index (κ2) is 7.62. The molecule has 29 heavy (non-hydrogen) atoms. The van der Waals surface area contributed by atoms with Crippen molar-refractivity contribution in [3.63, 3.8) is 0 Å². The average Bonchev–Trinajstić information content (AvgIpc) is 2.95. The molecule has 150 valence electrons. The van der Waals surface area contributed by atoms with Gasteiger partial charge in [-0.25, -0.2) is 4.79 Å². The molecule has 2 aromatic carbocycles. The topological polar surface area (TPSA) is 80.8 Å². The van der Waals surface area contributed by atoms with E-state index in [2.05, 4.69) is 20.8 Å². The van der Waals surface area contributed by atoms with Crippen molar-refractivity contribution < 1.29 is 23.9 Å². The predicted octanol–water partition coefficient (Wildman–Crippen LogP) is 3.39. The number of fused-ring (bicyclic) bond motifs is 1. The first-order valence-electron chi connectivity index (χ1n) is 9.38. The van der Waals surface area contributed by atoms with Crippen LogP contribution < -0.4 is 0 Å². The maximum Gasteiger partial charge on any atom is 0.329 e. The van der Waals surface area contributed by atoms with Crippen LogP contribution in [0.1, 0.15) is 64.3 Å². The highest BCUT2D eigenvalue weighted by Crippen LogP contribution is 2.25. The summed E-state index contributed by atoms with van der Waals surface area (Å²) in [5.74, 6) is -2.24. The number of carbonyl (C=O) groups is 4. The van der Waals surface area contributed by atoms with E-state index in [1.54, 1.807) is 36.4 Å². The number of amides is 2. The Bertz CT molecular complexity index is 950. The second-order valence-electron chi connectivity index (χ2n) is 8.06. The number of ether oxygens (including phenoxy) is 1. The van der Waals surface area contributed by atoms with Gasteiger partial charge in [0.25, 0.3) is 11.8 Å². The second-order valence-corrected chi connectivity index (χ2v) is 8.06. The third-order valence-corrected chi connectivity index (χ3v) is 4.97. The number of hydrogen-bond acceptors (Lipinski definition) is 5. The first kappa shape index (κ1) is 20.5. The van der Waals surface area contributed by atoms with Gasteiger partial charge in [-0.15, -0.1) is 0 Å². The van der Waals surface area contributed by atoms with Gasteiger partial charge in [-0.2, -0.15) is 0 Å². The van der Waals surface area contributed by atoms with Crippen LogP contribution in [0.4, 0.5) is 0 Å². The molecule has 1 aliphatic rings. The number of hydrogen-bond donors (Lipinski definition) is 0. The molecule has 2 aromatic rings. The molecular formula is C23H23NO5. The first-order valence-corrected chi connectivity index (χ1v) is 9.38. The van der Waals surface area contributed by atoms with Crippen molar-refractivity contribution in [1.82, 2.24) is 4.90 Å². The van der Waals surface area contributed by atoms with Crippen LogP contribution >= 0.6 is 0 Å². The number of rotatable bonds is 5. The lowest BCUT2D eigenvalue weighted by Crippen LogP contribution is -2.44. The Morgan fingerprint density at radius 1 is 0.931 bits per heavy atom. The van der Waals surface area contributed by atoms with Gasteiger partial charge in [-0.1, -0.05) is 57.2 Å². The number of benzene rings is 2. The molecule has 0 spiro atoms. The first-order chi connectivity index (χ1) is 13.6. The quantitative estimate of drug-likeness (QED) is 0.442. The zero-order valence-electron chi connectivity index (χ0n) is 16.9. The molecule has 0 radical (unpaired) electrons. The molecule has 0 aromatic heterocycles. The Kier molecular flexibility index (Phi) is 5.38. The van der Waals surface area contributed by atoms with Gasteiger partial charge in [0.05, 0.1) is 11.1 Å². The molecule has 1 atom stereocenters. The van der Waals surface area contributed by atoms with Gasteiger partial charge in [0.15, 0.2) is 12.4 Å². The molecule has 0 fully saturated rings. The summed E-state index contributed by atoms with van der Waals surface area (Å²) in [6, 6.07) is 12.4. The third kappa shape index (κ3) is 3.97. The zero-order valence-corrected chi connectivity index (χ0v) is 16.9. The van der Waals surface area contributed by atoms with E-state index in [-0.39, 0.29) is 22.3 Å². The average molecular weight is 393 g/mol. The van der Waals surface area contributed by atoms with Crippen molar-refractivity contribution in [2.75, 3.05) is 6.61 Å². The summed E-state index contributed by atoms with van der Waals surface area (Å²) in [5.41, 5.74) is 2.00. The molecule has 0 aliphatic carbocycles. The lowest BCUT2D eigenvalue weighted by atomic mass is 9.86. The van der Waals surface area contributed by atoms with Crippen molar-refractivity contribution in [3.8, 4) is 0 Å². The van der Waals surface area contributed by atoms with Crippen LogP contribution in [0.5, 0.6) is 0 Å². The minimum atomic E-state index is -1.13. The van der Waals surface area contributed by atoms with Crippen LogP contribution in [0, 0.1) is 0 Å². The Balaban J connectivity index is 1.63. The molecule has 0 N–H and O–H groups in total. The van der Waals surface area contributed by atoms with E-state index in [4.69, 9.17) is 4.74 Å². The van der Waals surface area contributed by atoms with E-state index in [9.17, 15) is 19.2 Å². The highest BCUT2D eigenvalue weighted by molar-refractivity contribution is 6.22. The van der Waals surface area contributed by atoms with E-state index < -0.39 is 30.4 Å². The lowest BCUT2D eigenvalue weighted by Gasteiger charge is -2.21. The summed E-state index contributed by atoms with van der Waals surface area (Å²) in [4.78, 5) is 50.5. The summed E-state index contributed by atoms with van der Waals surface area (Å²) in [5, 5.41) is 0. The Labute approximate surface area is 169 Å². The van der Waals surface area contributed by atoms with Crippen LogP contribution in [-0.2, 0) is 14.9 Å². The van der Waals surface area contributed by atoms with E-state index >= 15 is 0 Å². The third-order valence-electron chi connectivity index (χ3n) is 4.97. The summed E-state index contributed by atoms with van der Waals surface area (Å²) >= 11 is 0. The van der Waals surface area contributed by atoms with Gasteiger partial charge in [0.2, 0.25) is 0 Å². The Morgan fingerprint density at radius 2 is 1.45 bits per heavy atom. The van der Waals surface area contributed by atoms with Crippen LogP contribution in [0.3, 0.4) is 0 Å². The SMILES string of the molecule is CC(C(=O)OCC(=O)c1ccc(C(C)(C)C)cc1)N1C(=O)c2ccccc2C1=O. The minimum Gasteiger partial charge on any atom is -0.456 e. The van der Waals surface area contributed by atoms with Crippen molar-refractivity contribution >= 4 is 23.6 Å². The van der Waals surface area contributed by atoms with Crippen LogP contribution in [-0.4, -0.2) is 41.1 Å². The molecule has 0 saturated carbocycles. The number of carbonyl (C=O) groups excluding carboxylic acids is 4. The molecule has 6 nitrogen and oxygen atoms in total. The van der Waals surface area contributed by atoms with Crippen LogP contribution in [0.2, 0.25) is 0 Å². The molecule has 2 amide bonds. The molecule has 1 heterocycles. The van der Waals surface area contributed by atoms with Crippen LogP contribution in [0.25, 0.3) is 0 Å². The molecule has 0 saturated heterocycles. The fraction of sp³-hybridized carbons (Fsp3) is 0.304. The fourth-order valence-electron chi connectivity index (χ4n) is 3.16. The maximum atomic E-state index is 12.5. The summed E-state index contributed by atoms with van der Waals surface area (Å²) in [7, 11) is 0. The molecule has 6 heteroatoms. The maximum absolute atomic E-state index is 12.5. The highest BCUT2D eigenvalue weighted by atomic mass is 16.5. The molecular weight excluding hydrogens is 370 g/mol. The highest BCUT2D eigenvalue weighted by Gasteiger charge is 2.41. The van der Waals surface area contributed by atoms with Gasteiger partial charge in [0.1, 0.15) is 6.04 Å². The monoisotopic (exact) mass is 393 g/mol. The van der Waals surface area contributed by atoms with Crippen molar-refractivity contribution in [1.29, 1.82) is 0 Å². The Hall–Kier alpha value is -3.28. The normalized spacial score (nSPS) is 14.6. The minimum absolute atomic E-state index is 0.0319. The van der Waals surface area contributed by atoms with E-state index in [1.165, 1.54) is 6.92 Å². The van der Waals surface area contributed by atoms with Crippen LogP contribution in [0.15, 0.2) is 48.5 Å².